The molecule has 0 atom stereocenters. The number of ether oxygens (including phenoxy) is 1. The normalized spacial score (nSPS) is 9.92. The lowest BCUT2D eigenvalue weighted by Gasteiger charge is -2.06. The molecule has 0 saturated heterocycles. The molecule has 0 aliphatic rings. The van der Waals surface area contributed by atoms with Crippen molar-refractivity contribution >= 4 is 11.9 Å². The second-order valence-electron chi connectivity index (χ2n) is 2.46. The SMILES string of the molecule is CC(C)OC(=O)Nc1ccon1. The molecule has 0 bridgehead atoms. The second-order valence-corrected chi connectivity index (χ2v) is 2.46. The first-order valence-electron chi connectivity index (χ1n) is 3.56. The van der Waals surface area contributed by atoms with Crippen molar-refractivity contribution in [2.24, 2.45) is 0 Å². The van der Waals surface area contributed by atoms with Crippen LogP contribution in [0.5, 0.6) is 0 Å². The molecule has 66 valence electrons. The average Bonchev–Trinajstić information content (AvgIpc) is 2.37. The average molecular weight is 170 g/mol. The Bertz CT molecular complexity index is 243. The summed E-state index contributed by atoms with van der Waals surface area (Å²) in [4.78, 5) is 10.9. The summed E-state index contributed by atoms with van der Waals surface area (Å²) in [5, 5.41) is 5.86. The van der Waals surface area contributed by atoms with Gasteiger partial charge in [0.05, 0.1) is 6.10 Å². The Hall–Kier alpha value is -1.52. The molecule has 1 N–H and O–H groups in total. The van der Waals surface area contributed by atoms with Crippen molar-refractivity contribution in [2.45, 2.75) is 20.0 Å². The van der Waals surface area contributed by atoms with Crippen molar-refractivity contribution < 1.29 is 14.1 Å². The molecular formula is C7H10N2O3. The number of nitrogens with zero attached hydrogens (tertiary/aromatic N) is 1. The van der Waals surface area contributed by atoms with E-state index in [1.807, 2.05) is 0 Å². The molecule has 1 amide bonds. The molecule has 0 unspecified atom stereocenters. The smallest absolute Gasteiger partial charge is 0.413 e. The Labute approximate surface area is 69.7 Å². The van der Waals surface area contributed by atoms with E-state index in [1.54, 1.807) is 13.8 Å². The third-order valence-corrected chi connectivity index (χ3v) is 1.01. The van der Waals surface area contributed by atoms with Gasteiger partial charge in [0.1, 0.15) is 6.26 Å². The molecule has 5 heteroatoms. The maximum absolute atomic E-state index is 10.9. The number of rotatable bonds is 2. The number of amides is 1. The monoisotopic (exact) mass is 170 g/mol. The molecule has 1 aromatic heterocycles. The van der Waals surface area contributed by atoms with E-state index in [9.17, 15) is 4.79 Å². The van der Waals surface area contributed by atoms with Crippen molar-refractivity contribution in [1.29, 1.82) is 0 Å². The van der Waals surface area contributed by atoms with Crippen LogP contribution in [0.4, 0.5) is 10.6 Å². The van der Waals surface area contributed by atoms with E-state index in [0.717, 1.165) is 0 Å². The molecular weight excluding hydrogens is 160 g/mol. The van der Waals surface area contributed by atoms with E-state index in [2.05, 4.69) is 15.0 Å². The van der Waals surface area contributed by atoms with Crippen molar-refractivity contribution in [1.82, 2.24) is 5.16 Å². The third kappa shape index (κ3) is 2.61. The van der Waals surface area contributed by atoms with Crippen LogP contribution in [0.25, 0.3) is 0 Å². The molecule has 0 saturated carbocycles. The molecule has 1 rings (SSSR count). The fourth-order valence-electron chi connectivity index (χ4n) is 0.625. The summed E-state index contributed by atoms with van der Waals surface area (Å²) in [6, 6.07) is 1.53. The van der Waals surface area contributed by atoms with E-state index in [0.29, 0.717) is 5.82 Å². The van der Waals surface area contributed by atoms with Crippen LogP contribution in [-0.2, 0) is 4.74 Å². The summed E-state index contributed by atoms with van der Waals surface area (Å²) in [6.07, 6.45) is 0.696. The predicted octanol–water partition coefficient (Wildman–Crippen LogP) is 1.63. The first-order chi connectivity index (χ1) is 5.68. The van der Waals surface area contributed by atoms with Gasteiger partial charge in [0.15, 0.2) is 5.82 Å². The van der Waals surface area contributed by atoms with Gasteiger partial charge in [0.25, 0.3) is 0 Å². The third-order valence-electron chi connectivity index (χ3n) is 1.01. The number of carbonyl (C=O) groups excluding carboxylic acids is 1. The summed E-state index contributed by atoms with van der Waals surface area (Å²) in [7, 11) is 0. The molecule has 0 fully saturated rings. The molecule has 0 spiro atoms. The summed E-state index contributed by atoms with van der Waals surface area (Å²) in [5.41, 5.74) is 0. The molecule has 1 heterocycles. The topological polar surface area (TPSA) is 64.4 Å². The number of nitrogens with one attached hydrogen (secondary N) is 1. The maximum atomic E-state index is 10.9. The number of aromatic nitrogens is 1. The van der Waals surface area contributed by atoms with E-state index in [4.69, 9.17) is 4.74 Å². The lowest BCUT2D eigenvalue weighted by molar-refractivity contribution is 0.129. The molecule has 1 aromatic rings. The Balaban J connectivity index is 2.37. The Kier molecular flexibility index (Phi) is 2.68. The van der Waals surface area contributed by atoms with E-state index in [1.165, 1.54) is 12.3 Å². The highest BCUT2D eigenvalue weighted by atomic mass is 16.6. The highest BCUT2D eigenvalue weighted by Gasteiger charge is 2.06. The van der Waals surface area contributed by atoms with Gasteiger partial charge in [-0.3, -0.25) is 5.32 Å². The van der Waals surface area contributed by atoms with Crippen molar-refractivity contribution in [3.8, 4) is 0 Å². The van der Waals surface area contributed by atoms with Crippen LogP contribution in [0.3, 0.4) is 0 Å². The van der Waals surface area contributed by atoms with Gasteiger partial charge in [-0.1, -0.05) is 5.16 Å². The number of anilines is 1. The minimum absolute atomic E-state index is 0.142. The van der Waals surface area contributed by atoms with Crippen LogP contribution in [-0.4, -0.2) is 17.4 Å². The van der Waals surface area contributed by atoms with E-state index < -0.39 is 6.09 Å². The van der Waals surface area contributed by atoms with E-state index in [-0.39, 0.29) is 6.10 Å². The Morgan fingerprint density at radius 1 is 1.75 bits per heavy atom. The zero-order valence-corrected chi connectivity index (χ0v) is 6.90. The summed E-state index contributed by atoms with van der Waals surface area (Å²) < 4.78 is 9.29. The van der Waals surface area contributed by atoms with Gasteiger partial charge in [-0.05, 0) is 13.8 Å². The molecule has 5 nitrogen and oxygen atoms in total. The first kappa shape index (κ1) is 8.58. The lowest BCUT2D eigenvalue weighted by atomic mass is 10.5. The molecule has 0 aromatic carbocycles. The second kappa shape index (κ2) is 3.75. The van der Waals surface area contributed by atoms with Gasteiger partial charge in [0.2, 0.25) is 0 Å². The summed E-state index contributed by atoms with van der Waals surface area (Å²) in [6.45, 7) is 3.53. The number of hydrogen-bond acceptors (Lipinski definition) is 4. The lowest BCUT2D eigenvalue weighted by Crippen LogP contribution is -2.17. The van der Waals surface area contributed by atoms with Crippen LogP contribution < -0.4 is 5.32 Å². The van der Waals surface area contributed by atoms with Crippen LogP contribution in [0, 0.1) is 0 Å². The number of carbonyl (C=O) groups is 1. The zero-order chi connectivity index (χ0) is 8.97. The van der Waals surface area contributed by atoms with Gasteiger partial charge in [-0.2, -0.15) is 0 Å². The Morgan fingerprint density at radius 3 is 3.00 bits per heavy atom. The number of hydrogen-bond donors (Lipinski definition) is 1. The van der Waals surface area contributed by atoms with Gasteiger partial charge in [-0.25, -0.2) is 4.79 Å². The summed E-state index contributed by atoms with van der Waals surface area (Å²) in [5.74, 6) is 0.348. The largest absolute Gasteiger partial charge is 0.447 e. The predicted molar refractivity (Wildman–Crippen MR) is 41.7 cm³/mol. The van der Waals surface area contributed by atoms with Crippen molar-refractivity contribution in [2.75, 3.05) is 5.32 Å². The minimum atomic E-state index is -0.529. The van der Waals surface area contributed by atoms with Gasteiger partial charge >= 0.3 is 6.09 Å². The highest BCUT2D eigenvalue weighted by molar-refractivity contribution is 5.83. The van der Waals surface area contributed by atoms with Crippen molar-refractivity contribution in [3.63, 3.8) is 0 Å². The van der Waals surface area contributed by atoms with Crippen LogP contribution in [0.15, 0.2) is 16.9 Å². The van der Waals surface area contributed by atoms with Gasteiger partial charge < -0.3 is 9.26 Å². The minimum Gasteiger partial charge on any atom is -0.447 e. The fraction of sp³-hybridized carbons (Fsp3) is 0.429. The quantitative estimate of drug-likeness (QED) is 0.732. The molecule has 12 heavy (non-hydrogen) atoms. The van der Waals surface area contributed by atoms with Gasteiger partial charge in [-0.15, -0.1) is 0 Å². The fourth-order valence-corrected chi connectivity index (χ4v) is 0.625. The Morgan fingerprint density at radius 2 is 2.50 bits per heavy atom. The summed E-state index contributed by atoms with van der Waals surface area (Å²) >= 11 is 0. The molecule has 0 aliphatic carbocycles. The highest BCUT2D eigenvalue weighted by Crippen LogP contribution is 2.02. The van der Waals surface area contributed by atoms with Crippen molar-refractivity contribution in [3.05, 3.63) is 12.3 Å². The maximum Gasteiger partial charge on any atom is 0.413 e. The standard InChI is InChI=1S/C7H10N2O3/c1-5(2)12-7(10)8-6-3-4-11-9-6/h3-5H,1-2H3,(H,8,9,10). The van der Waals surface area contributed by atoms with Crippen LogP contribution >= 0.6 is 0 Å². The van der Waals surface area contributed by atoms with E-state index >= 15 is 0 Å². The van der Waals surface area contributed by atoms with Gasteiger partial charge in [0, 0.05) is 6.07 Å². The zero-order valence-electron chi connectivity index (χ0n) is 6.90. The first-order valence-corrected chi connectivity index (χ1v) is 3.56. The van der Waals surface area contributed by atoms with Crippen LogP contribution in [0.1, 0.15) is 13.8 Å². The molecule has 0 radical (unpaired) electrons. The van der Waals surface area contributed by atoms with Crippen LogP contribution in [0.2, 0.25) is 0 Å². The molecule has 0 aliphatic heterocycles.